The van der Waals surface area contributed by atoms with Crippen LogP contribution in [0.4, 0.5) is 10.5 Å². The van der Waals surface area contributed by atoms with E-state index in [1.807, 2.05) is 19.1 Å². The summed E-state index contributed by atoms with van der Waals surface area (Å²) in [6.07, 6.45) is 0.640. The van der Waals surface area contributed by atoms with Gasteiger partial charge in [0.05, 0.1) is 18.4 Å². The third-order valence-electron chi connectivity index (χ3n) is 3.49. The molecule has 1 atom stereocenters. The number of benzene rings is 1. The number of hydrogen-bond donors (Lipinski definition) is 4. The van der Waals surface area contributed by atoms with Gasteiger partial charge in [-0.3, -0.25) is 0 Å². The van der Waals surface area contributed by atoms with Gasteiger partial charge in [-0.1, -0.05) is 12.1 Å². The van der Waals surface area contributed by atoms with Crippen LogP contribution in [0.15, 0.2) is 18.2 Å². The van der Waals surface area contributed by atoms with Crippen LogP contribution in [0.25, 0.3) is 0 Å². The fraction of sp³-hybridized carbons (Fsp3) is 0.500. The molecule has 110 valence electrons. The Morgan fingerprint density at radius 1 is 1.55 bits per heavy atom. The van der Waals surface area contributed by atoms with E-state index in [0.29, 0.717) is 24.4 Å². The zero-order valence-electron chi connectivity index (χ0n) is 11.8. The van der Waals surface area contributed by atoms with E-state index in [2.05, 4.69) is 16.0 Å². The first-order valence-corrected chi connectivity index (χ1v) is 6.66. The lowest BCUT2D eigenvalue weighted by atomic mass is 10.0. The highest BCUT2D eigenvalue weighted by atomic mass is 16.5. The highest BCUT2D eigenvalue weighted by Crippen LogP contribution is 2.27. The van der Waals surface area contributed by atoms with Gasteiger partial charge >= 0.3 is 6.03 Å². The molecule has 0 aliphatic carbocycles. The topological polar surface area (TPSA) is 82.6 Å². The van der Waals surface area contributed by atoms with Gasteiger partial charge in [-0.25, -0.2) is 4.79 Å². The van der Waals surface area contributed by atoms with Crippen LogP contribution in [0.1, 0.15) is 12.0 Å². The van der Waals surface area contributed by atoms with Crippen molar-refractivity contribution in [3.8, 4) is 5.75 Å². The summed E-state index contributed by atoms with van der Waals surface area (Å²) in [7, 11) is 1.56. The van der Waals surface area contributed by atoms with E-state index in [4.69, 9.17) is 4.74 Å². The first-order chi connectivity index (χ1) is 9.54. The zero-order chi connectivity index (χ0) is 14.6. The molecule has 0 radical (unpaired) electrons. The number of urea groups is 1. The molecule has 1 aromatic carbocycles. The van der Waals surface area contributed by atoms with Crippen LogP contribution < -0.4 is 20.7 Å². The average Bonchev–Trinajstić information content (AvgIpc) is 2.86. The first-order valence-electron chi connectivity index (χ1n) is 6.66. The molecular weight excluding hydrogens is 258 g/mol. The number of ether oxygens (including phenoxy) is 1. The van der Waals surface area contributed by atoms with Gasteiger partial charge in [0, 0.05) is 13.1 Å². The predicted octanol–water partition coefficient (Wildman–Crippen LogP) is 0.850. The van der Waals surface area contributed by atoms with Gasteiger partial charge in [0.25, 0.3) is 0 Å². The van der Waals surface area contributed by atoms with Crippen LogP contribution in [-0.4, -0.2) is 43.5 Å². The molecule has 2 amide bonds. The van der Waals surface area contributed by atoms with Crippen molar-refractivity contribution in [3.05, 3.63) is 23.8 Å². The summed E-state index contributed by atoms with van der Waals surface area (Å²) in [5.41, 5.74) is 0.706. The lowest BCUT2D eigenvalue weighted by Gasteiger charge is -2.22. The Kier molecular flexibility index (Phi) is 4.46. The Morgan fingerprint density at radius 3 is 3.00 bits per heavy atom. The van der Waals surface area contributed by atoms with E-state index in [9.17, 15) is 9.90 Å². The van der Waals surface area contributed by atoms with Crippen LogP contribution >= 0.6 is 0 Å². The number of aryl methyl sites for hydroxylation is 1. The molecule has 1 fully saturated rings. The van der Waals surface area contributed by atoms with Crippen LogP contribution in [0.2, 0.25) is 0 Å². The molecule has 0 bridgehead atoms. The van der Waals surface area contributed by atoms with Gasteiger partial charge < -0.3 is 25.8 Å². The number of para-hydroxylation sites is 1. The summed E-state index contributed by atoms with van der Waals surface area (Å²) in [4.78, 5) is 11.9. The van der Waals surface area contributed by atoms with Crippen molar-refractivity contribution in [2.24, 2.45) is 0 Å². The standard InChI is InChI=1S/C14H21N3O3/c1-10-4-3-5-11(20-2)12(10)17-13(18)16-9-14(19)6-7-15-8-14/h3-5,15,19H,6-9H2,1-2H3,(H2,16,17,18)/t14-/m1/s1. The predicted molar refractivity (Wildman–Crippen MR) is 77.2 cm³/mol. The monoisotopic (exact) mass is 279 g/mol. The molecule has 4 N–H and O–H groups in total. The Labute approximate surface area is 118 Å². The molecule has 6 nitrogen and oxygen atoms in total. The van der Waals surface area contributed by atoms with Gasteiger partial charge in [0.2, 0.25) is 0 Å². The zero-order valence-corrected chi connectivity index (χ0v) is 11.8. The van der Waals surface area contributed by atoms with Crippen molar-refractivity contribution in [2.45, 2.75) is 18.9 Å². The Morgan fingerprint density at radius 2 is 2.35 bits per heavy atom. The normalized spacial score (nSPS) is 21.6. The molecule has 1 saturated heterocycles. The fourth-order valence-electron chi connectivity index (χ4n) is 2.26. The minimum absolute atomic E-state index is 0.222. The number of carbonyl (C=O) groups is 1. The molecule has 1 heterocycles. The number of β-amino-alcohol motifs (C(OH)–C–C–N with tert-alkyl or cyclic N) is 1. The Balaban J connectivity index is 1.94. The first kappa shape index (κ1) is 14.6. The molecule has 0 unspecified atom stereocenters. The second-order valence-corrected chi connectivity index (χ2v) is 5.11. The van der Waals surface area contributed by atoms with Gasteiger partial charge in [-0.05, 0) is 31.5 Å². The number of hydrogen-bond acceptors (Lipinski definition) is 4. The summed E-state index contributed by atoms with van der Waals surface area (Å²) >= 11 is 0. The average molecular weight is 279 g/mol. The third kappa shape index (κ3) is 3.40. The third-order valence-corrected chi connectivity index (χ3v) is 3.49. The largest absolute Gasteiger partial charge is 0.495 e. The van der Waals surface area contributed by atoms with E-state index in [1.165, 1.54) is 0 Å². The summed E-state index contributed by atoms with van der Waals surface area (Å²) in [5.74, 6) is 0.612. The molecule has 0 aromatic heterocycles. The molecule has 0 saturated carbocycles. The van der Waals surface area contributed by atoms with Crippen molar-refractivity contribution >= 4 is 11.7 Å². The number of rotatable bonds is 4. The van der Waals surface area contributed by atoms with E-state index < -0.39 is 5.60 Å². The summed E-state index contributed by atoms with van der Waals surface area (Å²) < 4.78 is 5.22. The van der Waals surface area contributed by atoms with Crippen LogP contribution in [0.3, 0.4) is 0 Å². The molecule has 1 aliphatic rings. The molecule has 6 heteroatoms. The molecule has 1 aromatic rings. The maximum Gasteiger partial charge on any atom is 0.319 e. The van der Waals surface area contributed by atoms with Crippen molar-refractivity contribution in [1.82, 2.24) is 10.6 Å². The van der Waals surface area contributed by atoms with E-state index in [-0.39, 0.29) is 12.6 Å². The van der Waals surface area contributed by atoms with Crippen LogP contribution in [0, 0.1) is 6.92 Å². The van der Waals surface area contributed by atoms with Gasteiger partial charge in [-0.2, -0.15) is 0 Å². The number of carbonyl (C=O) groups excluding carboxylic acids is 1. The number of amides is 2. The number of methoxy groups -OCH3 is 1. The maximum absolute atomic E-state index is 11.9. The summed E-state index contributed by atoms with van der Waals surface area (Å²) in [6.45, 7) is 3.39. The second kappa shape index (κ2) is 6.11. The van der Waals surface area contributed by atoms with Gasteiger partial charge in [-0.15, -0.1) is 0 Å². The quantitative estimate of drug-likeness (QED) is 0.658. The van der Waals surface area contributed by atoms with Crippen LogP contribution in [0.5, 0.6) is 5.75 Å². The smallest absolute Gasteiger partial charge is 0.319 e. The van der Waals surface area contributed by atoms with E-state index in [1.54, 1.807) is 13.2 Å². The Hall–Kier alpha value is -1.79. The van der Waals surface area contributed by atoms with E-state index >= 15 is 0 Å². The van der Waals surface area contributed by atoms with Gasteiger partial charge in [0.15, 0.2) is 0 Å². The summed E-state index contributed by atoms with van der Waals surface area (Å²) in [5, 5.41) is 18.7. The highest BCUT2D eigenvalue weighted by molar-refractivity contribution is 5.91. The number of aliphatic hydroxyl groups is 1. The number of anilines is 1. The van der Waals surface area contributed by atoms with Crippen molar-refractivity contribution in [2.75, 3.05) is 32.1 Å². The van der Waals surface area contributed by atoms with Gasteiger partial charge in [0.1, 0.15) is 5.75 Å². The van der Waals surface area contributed by atoms with E-state index in [0.717, 1.165) is 12.1 Å². The Bertz CT molecular complexity index is 485. The fourth-order valence-corrected chi connectivity index (χ4v) is 2.26. The highest BCUT2D eigenvalue weighted by Gasteiger charge is 2.31. The van der Waals surface area contributed by atoms with Crippen LogP contribution in [-0.2, 0) is 0 Å². The van der Waals surface area contributed by atoms with Crippen molar-refractivity contribution in [1.29, 1.82) is 0 Å². The minimum atomic E-state index is -0.854. The van der Waals surface area contributed by atoms with Crippen molar-refractivity contribution in [3.63, 3.8) is 0 Å². The minimum Gasteiger partial charge on any atom is -0.495 e. The second-order valence-electron chi connectivity index (χ2n) is 5.11. The molecule has 1 aliphatic heterocycles. The number of nitrogens with one attached hydrogen (secondary N) is 3. The molecule has 20 heavy (non-hydrogen) atoms. The lowest BCUT2D eigenvalue weighted by Crippen LogP contribution is -2.45. The maximum atomic E-state index is 11.9. The molecular formula is C14H21N3O3. The molecule has 0 spiro atoms. The van der Waals surface area contributed by atoms with Crippen molar-refractivity contribution < 1.29 is 14.6 Å². The summed E-state index contributed by atoms with van der Waals surface area (Å²) in [6, 6.07) is 5.20. The SMILES string of the molecule is COc1cccc(C)c1NC(=O)NC[C@@]1(O)CCNC1. The molecule has 2 rings (SSSR count). The lowest BCUT2D eigenvalue weighted by molar-refractivity contribution is 0.0640.